The van der Waals surface area contributed by atoms with Crippen LogP contribution in [0, 0.1) is 0 Å². The first-order chi connectivity index (χ1) is 13.6. The molecule has 3 N–H and O–H groups in total. The maximum absolute atomic E-state index is 12.1. The largest absolute Gasteiger partial charge is 0.497 e. The standard InChI is InChI=1S/C20H20N4O4/c1-3-27-20(25)15-6-4-5-7-16(15)24-18-17(21)19(23-12-22-18)28-14-10-8-13(26-2)9-11-14/h4-12H,3,21H2,1-2H3,(H,22,23,24). The SMILES string of the molecule is CCOC(=O)c1ccccc1Nc1ncnc(Oc2ccc(OC)cc2)c1N. The van der Waals surface area contributed by atoms with E-state index in [-0.39, 0.29) is 18.2 Å². The molecule has 144 valence electrons. The lowest BCUT2D eigenvalue weighted by Crippen LogP contribution is -2.09. The van der Waals surface area contributed by atoms with Crippen LogP contribution in [0.4, 0.5) is 17.2 Å². The lowest BCUT2D eigenvalue weighted by molar-refractivity contribution is 0.0527. The van der Waals surface area contributed by atoms with Crippen molar-refractivity contribution in [3.63, 3.8) is 0 Å². The van der Waals surface area contributed by atoms with E-state index in [9.17, 15) is 4.79 Å². The molecule has 2 aromatic carbocycles. The van der Waals surface area contributed by atoms with Gasteiger partial charge >= 0.3 is 5.97 Å². The van der Waals surface area contributed by atoms with Crippen molar-refractivity contribution in [1.82, 2.24) is 9.97 Å². The fourth-order valence-corrected chi connectivity index (χ4v) is 2.42. The predicted octanol–water partition coefficient (Wildman–Crippen LogP) is 3.78. The van der Waals surface area contributed by atoms with Gasteiger partial charge in [-0.2, -0.15) is 4.98 Å². The molecule has 1 heterocycles. The highest BCUT2D eigenvalue weighted by Crippen LogP contribution is 2.32. The number of aromatic nitrogens is 2. The fourth-order valence-electron chi connectivity index (χ4n) is 2.42. The average Bonchev–Trinajstić information content (AvgIpc) is 2.72. The maximum atomic E-state index is 12.1. The third kappa shape index (κ3) is 4.29. The number of nitrogens with one attached hydrogen (secondary N) is 1. The number of nitrogens with zero attached hydrogens (tertiary/aromatic N) is 2. The molecule has 0 aliphatic rings. The van der Waals surface area contributed by atoms with E-state index in [2.05, 4.69) is 15.3 Å². The number of anilines is 3. The van der Waals surface area contributed by atoms with Crippen LogP contribution in [0.15, 0.2) is 54.9 Å². The lowest BCUT2D eigenvalue weighted by atomic mass is 10.2. The number of nitrogen functional groups attached to an aromatic ring is 1. The summed E-state index contributed by atoms with van der Waals surface area (Å²) in [5, 5.41) is 3.05. The van der Waals surface area contributed by atoms with E-state index in [1.165, 1.54) is 6.33 Å². The van der Waals surface area contributed by atoms with Gasteiger partial charge in [-0.15, -0.1) is 0 Å². The highest BCUT2D eigenvalue weighted by Gasteiger charge is 2.15. The van der Waals surface area contributed by atoms with Crippen LogP contribution in [0.2, 0.25) is 0 Å². The second-order valence-corrected chi connectivity index (χ2v) is 5.61. The molecule has 28 heavy (non-hydrogen) atoms. The molecule has 0 aliphatic carbocycles. The zero-order valence-corrected chi connectivity index (χ0v) is 15.5. The summed E-state index contributed by atoms with van der Waals surface area (Å²) in [7, 11) is 1.59. The highest BCUT2D eigenvalue weighted by atomic mass is 16.5. The molecule has 0 saturated heterocycles. The molecule has 0 radical (unpaired) electrons. The number of carbonyl (C=O) groups is 1. The van der Waals surface area contributed by atoms with Gasteiger partial charge in [-0.3, -0.25) is 0 Å². The van der Waals surface area contributed by atoms with E-state index in [0.29, 0.717) is 28.6 Å². The topological polar surface area (TPSA) is 109 Å². The molecule has 0 aliphatic heterocycles. The van der Waals surface area contributed by atoms with Crippen LogP contribution in [0.3, 0.4) is 0 Å². The Hall–Kier alpha value is -3.81. The van der Waals surface area contributed by atoms with Gasteiger partial charge in [0.1, 0.15) is 23.5 Å². The molecular formula is C20H20N4O4. The van der Waals surface area contributed by atoms with E-state index in [0.717, 1.165) is 0 Å². The van der Waals surface area contributed by atoms with Crippen molar-refractivity contribution in [2.24, 2.45) is 0 Å². The van der Waals surface area contributed by atoms with E-state index in [1.807, 2.05) is 0 Å². The van der Waals surface area contributed by atoms with Crippen molar-refractivity contribution >= 4 is 23.2 Å². The van der Waals surface area contributed by atoms with Gasteiger partial charge in [-0.05, 0) is 43.3 Å². The molecule has 0 atom stereocenters. The molecule has 8 nitrogen and oxygen atoms in total. The quantitative estimate of drug-likeness (QED) is 0.596. The van der Waals surface area contributed by atoms with Gasteiger partial charge in [0.2, 0.25) is 5.88 Å². The van der Waals surface area contributed by atoms with Gasteiger partial charge in [0.05, 0.1) is 25.0 Å². The van der Waals surface area contributed by atoms with Crippen molar-refractivity contribution in [2.75, 3.05) is 24.8 Å². The number of rotatable bonds is 7. The van der Waals surface area contributed by atoms with Gasteiger partial charge in [-0.1, -0.05) is 12.1 Å². The van der Waals surface area contributed by atoms with Gasteiger partial charge in [0.15, 0.2) is 5.82 Å². The predicted molar refractivity (Wildman–Crippen MR) is 105 cm³/mol. The number of esters is 1. The van der Waals surface area contributed by atoms with Crippen LogP contribution in [0.5, 0.6) is 17.4 Å². The number of nitrogens with two attached hydrogens (primary N) is 1. The summed E-state index contributed by atoms with van der Waals surface area (Å²) < 4.78 is 15.9. The Balaban J connectivity index is 1.84. The third-order valence-corrected chi connectivity index (χ3v) is 3.80. The fraction of sp³-hybridized carbons (Fsp3) is 0.150. The molecule has 0 saturated carbocycles. The number of carbonyl (C=O) groups excluding carboxylic acids is 1. The molecule has 8 heteroatoms. The van der Waals surface area contributed by atoms with E-state index in [4.69, 9.17) is 19.9 Å². The van der Waals surface area contributed by atoms with Crippen molar-refractivity contribution in [3.8, 4) is 17.4 Å². The first-order valence-electron chi connectivity index (χ1n) is 8.58. The summed E-state index contributed by atoms with van der Waals surface area (Å²) in [6, 6.07) is 13.9. The molecule has 0 fully saturated rings. The second-order valence-electron chi connectivity index (χ2n) is 5.61. The number of hydrogen-bond donors (Lipinski definition) is 2. The zero-order valence-electron chi connectivity index (χ0n) is 15.5. The molecular weight excluding hydrogens is 360 g/mol. The Labute approximate surface area is 162 Å². The van der Waals surface area contributed by atoms with Crippen molar-refractivity contribution in [3.05, 3.63) is 60.4 Å². The normalized spacial score (nSPS) is 10.2. The molecule has 0 unspecified atom stereocenters. The summed E-state index contributed by atoms with van der Waals surface area (Å²) in [5.41, 5.74) is 7.26. The maximum Gasteiger partial charge on any atom is 0.340 e. The summed E-state index contributed by atoms with van der Waals surface area (Å²) in [4.78, 5) is 20.4. The van der Waals surface area contributed by atoms with Crippen LogP contribution in [0.1, 0.15) is 17.3 Å². The first kappa shape index (κ1) is 19.0. The van der Waals surface area contributed by atoms with Gasteiger partial charge in [-0.25, -0.2) is 9.78 Å². The molecule has 1 aromatic heterocycles. The lowest BCUT2D eigenvalue weighted by Gasteiger charge is -2.14. The highest BCUT2D eigenvalue weighted by molar-refractivity contribution is 5.96. The molecule has 3 aromatic rings. The van der Waals surface area contributed by atoms with Crippen molar-refractivity contribution < 1.29 is 19.0 Å². The molecule has 3 rings (SSSR count). The van der Waals surface area contributed by atoms with E-state index < -0.39 is 5.97 Å². The minimum Gasteiger partial charge on any atom is -0.497 e. The van der Waals surface area contributed by atoms with Gasteiger partial charge in [0, 0.05) is 0 Å². The zero-order chi connectivity index (χ0) is 19.9. The minimum atomic E-state index is -0.437. The summed E-state index contributed by atoms with van der Waals surface area (Å²) in [6.07, 6.45) is 1.32. The molecule has 0 bridgehead atoms. The van der Waals surface area contributed by atoms with Crippen LogP contribution in [-0.2, 0) is 4.74 Å². The van der Waals surface area contributed by atoms with Crippen LogP contribution in [-0.4, -0.2) is 29.7 Å². The van der Waals surface area contributed by atoms with Crippen molar-refractivity contribution in [1.29, 1.82) is 0 Å². The van der Waals surface area contributed by atoms with Crippen LogP contribution in [0.25, 0.3) is 0 Å². The number of hydrogen-bond acceptors (Lipinski definition) is 8. The second kappa shape index (κ2) is 8.72. The Morgan fingerprint density at radius 2 is 1.79 bits per heavy atom. The van der Waals surface area contributed by atoms with Crippen molar-refractivity contribution in [2.45, 2.75) is 6.92 Å². The third-order valence-electron chi connectivity index (χ3n) is 3.80. The van der Waals surface area contributed by atoms with E-state index >= 15 is 0 Å². The number of methoxy groups -OCH3 is 1. The Kier molecular flexibility index (Phi) is 5.91. The smallest absolute Gasteiger partial charge is 0.340 e. The van der Waals surface area contributed by atoms with Gasteiger partial charge in [0.25, 0.3) is 0 Å². The molecule has 0 amide bonds. The summed E-state index contributed by atoms with van der Waals surface area (Å²) in [5.74, 6) is 1.32. The summed E-state index contributed by atoms with van der Waals surface area (Å²) in [6.45, 7) is 2.03. The number of benzene rings is 2. The summed E-state index contributed by atoms with van der Waals surface area (Å²) >= 11 is 0. The Bertz CT molecular complexity index is 961. The first-order valence-corrected chi connectivity index (χ1v) is 8.58. The van der Waals surface area contributed by atoms with Crippen LogP contribution < -0.4 is 20.5 Å². The average molecular weight is 380 g/mol. The number of para-hydroxylation sites is 1. The monoisotopic (exact) mass is 380 g/mol. The number of ether oxygens (including phenoxy) is 3. The molecule has 0 spiro atoms. The Morgan fingerprint density at radius 3 is 2.50 bits per heavy atom. The van der Waals surface area contributed by atoms with Gasteiger partial charge < -0.3 is 25.3 Å². The Morgan fingerprint density at radius 1 is 1.07 bits per heavy atom. The minimum absolute atomic E-state index is 0.191. The van der Waals surface area contributed by atoms with Crippen LogP contribution >= 0.6 is 0 Å². The van der Waals surface area contributed by atoms with E-state index in [1.54, 1.807) is 62.6 Å².